The molecule has 0 saturated carbocycles. The molecule has 2 aromatic carbocycles. The van der Waals surface area contributed by atoms with Crippen LogP contribution in [0.15, 0.2) is 46.9 Å². The van der Waals surface area contributed by atoms with Crippen LogP contribution in [0, 0.1) is 6.92 Å². The number of hydrogen-bond donors (Lipinski definition) is 0. The Morgan fingerprint density at radius 2 is 2.12 bits per heavy atom. The van der Waals surface area contributed by atoms with E-state index in [4.69, 9.17) is 0 Å². The molecular weight excluding hydrogens is 382 g/mol. The van der Waals surface area contributed by atoms with Crippen LogP contribution in [0.1, 0.15) is 15.9 Å². The summed E-state index contributed by atoms with van der Waals surface area (Å²) in [6, 6.07) is 11.9. The number of benzene rings is 2. The number of fused-ring (bicyclic) bond motifs is 2. The summed E-state index contributed by atoms with van der Waals surface area (Å²) >= 11 is 4.90. The number of thioether (sulfide) groups is 1. The van der Waals surface area contributed by atoms with Gasteiger partial charge in [-0.15, -0.1) is 11.3 Å². The maximum atomic E-state index is 12.8. The minimum Gasteiger partial charge on any atom is -0.316 e. The lowest BCUT2D eigenvalue weighted by molar-refractivity contribution is 0.0998. The van der Waals surface area contributed by atoms with Gasteiger partial charge >= 0.3 is 0 Å². The van der Waals surface area contributed by atoms with Gasteiger partial charge in [-0.05, 0) is 49.1 Å². The molecule has 0 N–H and O–H groups in total. The molecule has 4 rings (SSSR count). The van der Waals surface area contributed by atoms with Gasteiger partial charge in [-0.25, -0.2) is 4.98 Å². The Kier molecular flexibility index (Phi) is 4.93. The molecule has 0 atom stereocenters. The van der Waals surface area contributed by atoms with E-state index in [1.807, 2.05) is 12.1 Å². The molecule has 0 fully saturated rings. The van der Waals surface area contributed by atoms with Crippen molar-refractivity contribution in [3.63, 3.8) is 0 Å². The molecule has 2 heterocycles. The number of amides is 1. The quantitative estimate of drug-likeness (QED) is 0.499. The zero-order valence-corrected chi connectivity index (χ0v) is 16.9. The van der Waals surface area contributed by atoms with Crippen LogP contribution in [0.25, 0.3) is 20.4 Å². The lowest BCUT2D eigenvalue weighted by atomic mass is 10.2. The lowest BCUT2D eigenvalue weighted by Gasteiger charge is -2.04. The maximum absolute atomic E-state index is 12.8. The maximum Gasteiger partial charge on any atom is 0.279 e. The molecule has 26 heavy (non-hydrogen) atoms. The van der Waals surface area contributed by atoms with Crippen molar-refractivity contribution in [2.75, 3.05) is 12.0 Å². The molecule has 0 bridgehead atoms. The fraction of sp³-hybridized carbons (Fsp3) is 0.211. The van der Waals surface area contributed by atoms with E-state index in [9.17, 15) is 4.79 Å². The first-order valence-electron chi connectivity index (χ1n) is 8.17. The minimum absolute atomic E-state index is 0.207. The largest absolute Gasteiger partial charge is 0.316 e. The third kappa shape index (κ3) is 3.34. The van der Waals surface area contributed by atoms with E-state index in [1.54, 1.807) is 34.7 Å². The van der Waals surface area contributed by atoms with E-state index < -0.39 is 0 Å². The molecular formula is C19H17N3OS3. The summed E-state index contributed by atoms with van der Waals surface area (Å²) in [6.45, 7) is 2.92. The van der Waals surface area contributed by atoms with Gasteiger partial charge in [0.1, 0.15) is 0 Å². The highest BCUT2D eigenvalue weighted by Gasteiger charge is 2.10. The average Bonchev–Trinajstić information content (AvgIpc) is 3.23. The van der Waals surface area contributed by atoms with Gasteiger partial charge in [0.15, 0.2) is 4.80 Å². The number of thiazole rings is 2. The molecule has 0 radical (unpaired) electrons. The van der Waals surface area contributed by atoms with Gasteiger partial charge in [0.2, 0.25) is 0 Å². The first-order chi connectivity index (χ1) is 12.7. The average molecular weight is 400 g/mol. The summed E-state index contributed by atoms with van der Waals surface area (Å²) in [5.74, 6) is 0.773. The summed E-state index contributed by atoms with van der Waals surface area (Å²) in [4.78, 5) is 22.2. The Hall–Kier alpha value is -1.96. The van der Waals surface area contributed by atoms with Crippen LogP contribution < -0.4 is 4.80 Å². The van der Waals surface area contributed by atoms with Crippen LogP contribution in [0.3, 0.4) is 0 Å². The van der Waals surface area contributed by atoms with Gasteiger partial charge in [-0.3, -0.25) is 4.79 Å². The number of aromatic nitrogens is 2. The van der Waals surface area contributed by atoms with Gasteiger partial charge in [0.05, 0.1) is 25.9 Å². The molecule has 0 spiro atoms. The van der Waals surface area contributed by atoms with Gasteiger partial charge in [0.25, 0.3) is 5.91 Å². The fourth-order valence-corrected chi connectivity index (χ4v) is 5.04. The number of carbonyl (C=O) groups is 1. The molecule has 0 aliphatic heterocycles. The van der Waals surface area contributed by atoms with Crippen molar-refractivity contribution in [3.05, 3.63) is 57.8 Å². The van der Waals surface area contributed by atoms with Gasteiger partial charge in [0, 0.05) is 17.9 Å². The van der Waals surface area contributed by atoms with Crippen molar-refractivity contribution < 1.29 is 4.79 Å². The smallest absolute Gasteiger partial charge is 0.279 e. The van der Waals surface area contributed by atoms with Crippen LogP contribution in [-0.4, -0.2) is 27.5 Å². The zero-order chi connectivity index (χ0) is 18.1. The Labute approximate surface area is 163 Å². The molecule has 2 aromatic heterocycles. The topological polar surface area (TPSA) is 47.2 Å². The van der Waals surface area contributed by atoms with Gasteiger partial charge in [-0.2, -0.15) is 16.8 Å². The molecule has 0 aliphatic rings. The molecule has 4 aromatic rings. The van der Waals surface area contributed by atoms with E-state index in [2.05, 4.69) is 45.9 Å². The number of nitrogens with zero attached hydrogens (tertiary/aromatic N) is 3. The number of hydrogen-bond acceptors (Lipinski definition) is 5. The summed E-state index contributed by atoms with van der Waals surface area (Å²) in [5, 5.41) is 0. The van der Waals surface area contributed by atoms with E-state index in [-0.39, 0.29) is 5.91 Å². The van der Waals surface area contributed by atoms with Gasteiger partial charge < -0.3 is 4.57 Å². The summed E-state index contributed by atoms with van der Waals surface area (Å²) in [5.41, 5.74) is 5.66. The second kappa shape index (κ2) is 7.34. The summed E-state index contributed by atoms with van der Waals surface area (Å²) in [7, 11) is 0. The lowest BCUT2D eigenvalue weighted by Crippen LogP contribution is -2.18. The molecule has 1 amide bonds. The third-order valence-electron chi connectivity index (χ3n) is 4.13. The van der Waals surface area contributed by atoms with E-state index in [0.29, 0.717) is 5.56 Å². The van der Waals surface area contributed by atoms with Crippen molar-refractivity contribution in [1.29, 1.82) is 0 Å². The molecule has 0 unspecified atom stereocenters. The van der Waals surface area contributed by atoms with Crippen molar-refractivity contribution >= 4 is 60.8 Å². The third-order valence-corrected chi connectivity index (χ3v) is 6.56. The van der Waals surface area contributed by atoms with E-state index in [0.717, 1.165) is 37.5 Å². The van der Waals surface area contributed by atoms with Crippen LogP contribution in [0.5, 0.6) is 0 Å². The number of rotatable bonds is 4. The molecule has 4 nitrogen and oxygen atoms in total. The highest BCUT2D eigenvalue weighted by Crippen LogP contribution is 2.21. The Bertz CT molecular complexity index is 1170. The van der Waals surface area contributed by atoms with Crippen LogP contribution >= 0.6 is 34.4 Å². The monoisotopic (exact) mass is 399 g/mol. The minimum atomic E-state index is -0.207. The first kappa shape index (κ1) is 17.5. The standard InChI is InChI=1S/C19H17N3OS3/c1-12-3-6-15-17(9-12)26-19(22(15)7-8-24-2)21-18(23)13-4-5-14-16(10-13)25-11-20-14/h3-6,9-11H,7-8H2,1-2H3. The molecule has 132 valence electrons. The van der Waals surface area contributed by atoms with E-state index in [1.165, 1.54) is 16.9 Å². The summed E-state index contributed by atoms with van der Waals surface area (Å²) < 4.78 is 4.32. The van der Waals surface area contributed by atoms with Crippen LogP contribution in [-0.2, 0) is 6.54 Å². The predicted octanol–water partition coefficient (Wildman–Crippen LogP) is 4.73. The second-order valence-electron chi connectivity index (χ2n) is 5.95. The van der Waals surface area contributed by atoms with Crippen molar-refractivity contribution in [1.82, 2.24) is 9.55 Å². The molecule has 0 aliphatic carbocycles. The SMILES string of the molecule is CSCCn1c(=NC(=O)c2ccc3ncsc3c2)sc2cc(C)ccc21. The van der Waals surface area contributed by atoms with Gasteiger partial charge in [-0.1, -0.05) is 17.4 Å². The molecule has 7 heteroatoms. The summed E-state index contributed by atoms with van der Waals surface area (Å²) in [6.07, 6.45) is 2.09. The molecule has 0 saturated heterocycles. The van der Waals surface area contributed by atoms with Crippen LogP contribution in [0.2, 0.25) is 0 Å². The Morgan fingerprint density at radius 1 is 1.23 bits per heavy atom. The number of aryl methyl sites for hydroxylation is 2. The van der Waals surface area contributed by atoms with Crippen LogP contribution in [0.4, 0.5) is 0 Å². The normalized spacial score (nSPS) is 12.3. The fourth-order valence-electron chi connectivity index (χ4n) is 2.80. The number of carbonyl (C=O) groups excluding carboxylic acids is 1. The highest BCUT2D eigenvalue weighted by atomic mass is 32.2. The first-order valence-corrected chi connectivity index (χ1v) is 11.3. The van der Waals surface area contributed by atoms with Crippen molar-refractivity contribution in [2.45, 2.75) is 13.5 Å². The van der Waals surface area contributed by atoms with Crippen molar-refractivity contribution in [3.8, 4) is 0 Å². The zero-order valence-electron chi connectivity index (χ0n) is 14.4. The predicted molar refractivity (Wildman–Crippen MR) is 112 cm³/mol. The van der Waals surface area contributed by atoms with Crippen molar-refractivity contribution in [2.24, 2.45) is 4.99 Å². The highest BCUT2D eigenvalue weighted by molar-refractivity contribution is 7.98. The van der Waals surface area contributed by atoms with E-state index >= 15 is 0 Å². The Balaban J connectivity index is 1.81. The Morgan fingerprint density at radius 3 is 2.96 bits per heavy atom. The second-order valence-corrected chi connectivity index (χ2v) is 8.83.